The standard InChI is InChI=1S/C21H24BrClN2O2/c1-3-24-21(27)15(2)25(14-16-7-6-9-18(22)13-16)20(26)12-11-17-8-4-5-10-19(17)23/h4-10,13,15H,3,11-12,14H2,1-2H3,(H,24,27)/t15-/m1/s1. The molecule has 2 aromatic rings. The van der Waals surface area contributed by atoms with E-state index in [2.05, 4.69) is 21.2 Å². The zero-order valence-electron chi connectivity index (χ0n) is 15.5. The summed E-state index contributed by atoms with van der Waals surface area (Å²) in [6.07, 6.45) is 0.830. The molecule has 0 fully saturated rings. The summed E-state index contributed by atoms with van der Waals surface area (Å²) in [6.45, 7) is 4.53. The van der Waals surface area contributed by atoms with Gasteiger partial charge in [0.1, 0.15) is 6.04 Å². The molecule has 6 heteroatoms. The topological polar surface area (TPSA) is 49.4 Å². The van der Waals surface area contributed by atoms with Crippen molar-refractivity contribution in [2.24, 2.45) is 0 Å². The molecule has 0 radical (unpaired) electrons. The van der Waals surface area contributed by atoms with Crippen LogP contribution in [0.2, 0.25) is 5.02 Å². The first-order chi connectivity index (χ1) is 12.9. The van der Waals surface area contributed by atoms with Crippen molar-refractivity contribution < 1.29 is 9.59 Å². The number of nitrogens with zero attached hydrogens (tertiary/aromatic N) is 1. The van der Waals surface area contributed by atoms with E-state index in [0.29, 0.717) is 31.0 Å². The second-order valence-electron chi connectivity index (χ2n) is 6.31. The quantitative estimate of drug-likeness (QED) is 0.638. The van der Waals surface area contributed by atoms with Crippen molar-refractivity contribution in [3.8, 4) is 0 Å². The lowest BCUT2D eigenvalue weighted by Crippen LogP contribution is -2.47. The maximum absolute atomic E-state index is 13.0. The molecule has 2 amide bonds. The molecule has 4 nitrogen and oxygen atoms in total. The van der Waals surface area contributed by atoms with Gasteiger partial charge in [0.2, 0.25) is 11.8 Å². The van der Waals surface area contributed by atoms with Gasteiger partial charge in [-0.1, -0.05) is 57.9 Å². The smallest absolute Gasteiger partial charge is 0.242 e. The minimum atomic E-state index is -0.553. The average Bonchev–Trinajstić information content (AvgIpc) is 2.65. The maximum Gasteiger partial charge on any atom is 0.242 e. The van der Waals surface area contributed by atoms with E-state index in [9.17, 15) is 9.59 Å². The molecule has 1 atom stereocenters. The highest BCUT2D eigenvalue weighted by atomic mass is 79.9. The van der Waals surface area contributed by atoms with Crippen LogP contribution >= 0.6 is 27.5 Å². The van der Waals surface area contributed by atoms with Crippen molar-refractivity contribution in [1.29, 1.82) is 0 Å². The molecule has 0 unspecified atom stereocenters. The van der Waals surface area contributed by atoms with Gasteiger partial charge in [-0.3, -0.25) is 9.59 Å². The van der Waals surface area contributed by atoms with Crippen LogP contribution in [-0.4, -0.2) is 29.3 Å². The molecule has 0 spiro atoms. The third-order valence-electron chi connectivity index (χ3n) is 4.33. The van der Waals surface area contributed by atoms with Gasteiger partial charge in [-0.25, -0.2) is 0 Å². The molecule has 2 rings (SSSR count). The van der Waals surface area contributed by atoms with Crippen LogP contribution in [-0.2, 0) is 22.6 Å². The predicted octanol–water partition coefficient (Wildman–Crippen LogP) is 4.59. The molecule has 144 valence electrons. The number of halogens is 2. The lowest BCUT2D eigenvalue weighted by atomic mass is 10.1. The highest BCUT2D eigenvalue weighted by Crippen LogP contribution is 2.19. The summed E-state index contributed by atoms with van der Waals surface area (Å²) in [5, 5.41) is 3.45. The highest BCUT2D eigenvalue weighted by Gasteiger charge is 2.25. The van der Waals surface area contributed by atoms with E-state index in [1.165, 1.54) is 0 Å². The van der Waals surface area contributed by atoms with Crippen molar-refractivity contribution in [2.45, 2.75) is 39.3 Å². The van der Waals surface area contributed by atoms with Crippen LogP contribution in [0.3, 0.4) is 0 Å². The summed E-state index contributed by atoms with van der Waals surface area (Å²) in [7, 11) is 0. The first-order valence-electron chi connectivity index (χ1n) is 8.97. The minimum absolute atomic E-state index is 0.0753. The van der Waals surface area contributed by atoms with Gasteiger partial charge in [-0.05, 0) is 49.6 Å². The van der Waals surface area contributed by atoms with Crippen molar-refractivity contribution in [3.63, 3.8) is 0 Å². The molecule has 0 bridgehead atoms. The van der Waals surface area contributed by atoms with E-state index in [-0.39, 0.29) is 11.8 Å². The van der Waals surface area contributed by atoms with Crippen LogP contribution in [0.15, 0.2) is 53.0 Å². The van der Waals surface area contributed by atoms with Crippen molar-refractivity contribution in [2.75, 3.05) is 6.54 Å². The Hall–Kier alpha value is -1.85. The molecule has 0 aliphatic rings. The third-order valence-corrected chi connectivity index (χ3v) is 5.19. The van der Waals surface area contributed by atoms with Crippen molar-refractivity contribution in [1.82, 2.24) is 10.2 Å². The molecule has 0 aromatic heterocycles. The summed E-state index contributed by atoms with van der Waals surface area (Å²) >= 11 is 9.65. The van der Waals surface area contributed by atoms with Crippen LogP contribution < -0.4 is 5.32 Å². The van der Waals surface area contributed by atoms with E-state index < -0.39 is 6.04 Å². The predicted molar refractivity (Wildman–Crippen MR) is 113 cm³/mol. The van der Waals surface area contributed by atoms with Gasteiger partial charge in [0.25, 0.3) is 0 Å². The fourth-order valence-electron chi connectivity index (χ4n) is 2.82. The van der Waals surface area contributed by atoms with E-state index in [0.717, 1.165) is 15.6 Å². The van der Waals surface area contributed by atoms with E-state index in [4.69, 9.17) is 11.6 Å². The van der Waals surface area contributed by atoms with Crippen LogP contribution in [0, 0.1) is 0 Å². The molecule has 0 aliphatic heterocycles. The molecule has 0 heterocycles. The Morgan fingerprint density at radius 3 is 2.59 bits per heavy atom. The number of nitrogens with one attached hydrogen (secondary N) is 1. The summed E-state index contributed by atoms with van der Waals surface area (Å²) < 4.78 is 0.939. The molecule has 0 saturated carbocycles. The lowest BCUT2D eigenvalue weighted by Gasteiger charge is -2.29. The molecule has 0 saturated heterocycles. The fourth-order valence-corrected chi connectivity index (χ4v) is 3.50. The SMILES string of the molecule is CCNC(=O)[C@@H](C)N(Cc1cccc(Br)c1)C(=O)CCc1ccccc1Cl. The molecule has 1 N–H and O–H groups in total. The Bertz CT molecular complexity index is 797. The number of amides is 2. The van der Waals surface area contributed by atoms with Gasteiger partial charge in [0.15, 0.2) is 0 Å². The summed E-state index contributed by atoms with van der Waals surface area (Å²) in [6, 6.07) is 14.7. The van der Waals surface area contributed by atoms with Gasteiger partial charge in [0.05, 0.1) is 0 Å². The lowest BCUT2D eigenvalue weighted by molar-refractivity contribution is -0.140. The van der Waals surface area contributed by atoms with Gasteiger partial charge in [0, 0.05) is 29.0 Å². The van der Waals surface area contributed by atoms with E-state index in [1.807, 2.05) is 55.5 Å². The van der Waals surface area contributed by atoms with Crippen LogP contribution in [0.4, 0.5) is 0 Å². The number of rotatable bonds is 8. The van der Waals surface area contributed by atoms with E-state index in [1.54, 1.807) is 11.8 Å². The number of carbonyl (C=O) groups excluding carboxylic acids is 2. The van der Waals surface area contributed by atoms with Crippen molar-refractivity contribution >= 4 is 39.3 Å². The second kappa shape index (κ2) is 10.5. The number of hydrogen-bond donors (Lipinski definition) is 1. The number of likely N-dealkylation sites (N-methyl/N-ethyl adjacent to an activating group) is 1. The first kappa shape index (κ1) is 21.5. The Balaban J connectivity index is 2.15. The van der Waals surface area contributed by atoms with Gasteiger partial charge < -0.3 is 10.2 Å². The van der Waals surface area contributed by atoms with Crippen LogP contribution in [0.1, 0.15) is 31.4 Å². The molecule has 27 heavy (non-hydrogen) atoms. The molecule has 2 aromatic carbocycles. The van der Waals surface area contributed by atoms with E-state index >= 15 is 0 Å². The normalized spacial score (nSPS) is 11.7. The molecular weight excluding hydrogens is 428 g/mol. The van der Waals surface area contributed by atoms with Crippen molar-refractivity contribution in [3.05, 3.63) is 69.2 Å². The largest absolute Gasteiger partial charge is 0.355 e. The minimum Gasteiger partial charge on any atom is -0.355 e. The summed E-state index contributed by atoms with van der Waals surface area (Å²) in [4.78, 5) is 26.9. The molecular formula is C21H24BrClN2O2. The van der Waals surface area contributed by atoms with Gasteiger partial charge >= 0.3 is 0 Å². The zero-order chi connectivity index (χ0) is 19.8. The Morgan fingerprint density at radius 1 is 1.19 bits per heavy atom. The summed E-state index contributed by atoms with van der Waals surface area (Å²) in [5.74, 6) is -0.229. The van der Waals surface area contributed by atoms with Crippen LogP contribution in [0.5, 0.6) is 0 Å². The number of aryl methyl sites for hydroxylation is 1. The Labute approximate surface area is 174 Å². The first-order valence-corrected chi connectivity index (χ1v) is 10.1. The third kappa shape index (κ3) is 6.36. The van der Waals surface area contributed by atoms with Gasteiger partial charge in [-0.2, -0.15) is 0 Å². The Kier molecular flexibility index (Phi) is 8.32. The highest BCUT2D eigenvalue weighted by molar-refractivity contribution is 9.10. The second-order valence-corrected chi connectivity index (χ2v) is 7.64. The maximum atomic E-state index is 13.0. The Morgan fingerprint density at radius 2 is 1.93 bits per heavy atom. The fraction of sp³-hybridized carbons (Fsp3) is 0.333. The average molecular weight is 452 g/mol. The summed E-state index contributed by atoms with van der Waals surface area (Å²) in [5.41, 5.74) is 1.90. The monoisotopic (exact) mass is 450 g/mol. The van der Waals surface area contributed by atoms with Gasteiger partial charge in [-0.15, -0.1) is 0 Å². The van der Waals surface area contributed by atoms with Crippen LogP contribution in [0.25, 0.3) is 0 Å². The number of benzene rings is 2. The number of carbonyl (C=O) groups is 2. The zero-order valence-corrected chi connectivity index (χ0v) is 17.9. The number of hydrogen-bond acceptors (Lipinski definition) is 2. The molecule has 0 aliphatic carbocycles.